The summed E-state index contributed by atoms with van der Waals surface area (Å²) in [6.45, 7) is 8.01. The molecule has 0 fully saturated rings. The molecule has 1 heterocycles. The average molecular weight is 422 g/mol. The van der Waals surface area contributed by atoms with Crippen LogP contribution in [0.5, 0.6) is 0 Å². The predicted molar refractivity (Wildman–Crippen MR) is 117 cm³/mol. The van der Waals surface area contributed by atoms with E-state index in [1.165, 1.54) is 17.0 Å². The van der Waals surface area contributed by atoms with E-state index in [0.717, 1.165) is 17.7 Å². The lowest BCUT2D eigenvalue weighted by Gasteiger charge is -2.19. The first-order chi connectivity index (χ1) is 14.5. The molecule has 3 rings (SSSR count). The summed E-state index contributed by atoms with van der Waals surface area (Å²) in [6, 6.07) is 11.0. The summed E-state index contributed by atoms with van der Waals surface area (Å²) in [5.41, 5.74) is 1.58. The van der Waals surface area contributed by atoms with Crippen molar-refractivity contribution in [3.8, 4) is 5.69 Å². The van der Waals surface area contributed by atoms with E-state index in [-0.39, 0.29) is 33.5 Å². The van der Waals surface area contributed by atoms with E-state index in [1.807, 2.05) is 24.3 Å². The standard InChI is InChI=1S/C22H22N4O5/c1-13-18(12-23-19-10-9-16(26(30)31)11-17(19)21(28)29)20(27)25(24-13)15-7-5-14(6-8-15)22(2,3)4/h5-12,24H,1-4H3,(H,28,29). The molecule has 0 aliphatic heterocycles. The van der Waals surface area contributed by atoms with Crippen molar-refractivity contribution in [2.24, 2.45) is 4.99 Å². The number of rotatable bonds is 5. The van der Waals surface area contributed by atoms with Crippen molar-refractivity contribution in [3.63, 3.8) is 0 Å². The number of nitrogens with zero attached hydrogens (tertiary/aromatic N) is 3. The first kappa shape index (κ1) is 21.7. The van der Waals surface area contributed by atoms with Gasteiger partial charge in [0, 0.05) is 24.0 Å². The molecule has 3 aromatic rings. The molecular formula is C22H22N4O5. The van der Waals surface area contributed by atoms with Crippen LogP contribution in [0, 0.1) is 17.0 Å². The zero-order valence-corrected chi connectivity index (χ0v) is 17.5. The topological polar surface area (TPSA) is 131 Å². The van der Waals surface area contributed by atoms with Gasteiger partial charge in [0.1, 0.15) is 0 Å². The smallest absolute Gasteiger partial charge is 0.338 e. The van der Waals surface area contributed by atoms with Crippen molar-refractivity contribution >= 4 is 23.6 Å². The number of nitrogens with one attached hydrogen (secondary N) is 1. The number of carboxylic acid groups (broad SMARTS) is 1. The van der Waals surface area contributed by atoms with Crippen LogP contribution in [0.2, 0.25) is 0 Å². The number of hydrogen-bond acceptors (Lipinski definition) is 5. The highest BCUT2D eigenvalue weighted by Gasteiger charge is 2.17. The molecule has 1 aromatic heterocycles. The first-order valence-electron chi connectivity index (χ1n) is 9.47. The maximum absolute atomic E-state index is 12.9. The molecule has 0 spiro atoms. The number of hydrogen-bond donors (Lipinski definition) is 2. The van der Waals surface area contributed by atoms with Crippen LogP contribution >= 0.6 is 0 Å². The van der Waals surface area contributed by atoms with Gasteiger partial charge in [0.15, 0.2) is 0 Å². The van der Waals surface area contributed by atoms with E-state index >= 15 is 0 Å². The number of aromatic amines is 1. The van der Waals surface area contributed by atoms with Gasteiger partial charge in [0.2, 0.25) is 0 Å². The number of non-ortho nitro benzene ring substituents is 1. The van der Waals surface area contributed by atoms with Crippen molar-refractivity contribution in [1.82, 2.24) is 9.78 Å². The fraction of sp³-hybridized carbons (Fsp3) is 0.227. The monoisotopic (exact) mass is 422 g/mol. The molecule has 2 N–H and O–H groups in total. The molecule has 9 nitrogen and oxygen atoms in total. The zero-order valence-electron chi connectivity index (χ0n) is 17.5. The third kappa shape index (κ3) is 4.45. The molecule has 31 heavy (non-hydrogen) atoms. The van der Waals surface area contributed by atoms with Crippen LogP contribution in [0.3, 0.4) is 0 Å². The van der Waals surface area contributed by atoms with E-state index in [9.17, 15) is 24.8 Å². The van der Waals surface area contributed by atoms with E-state index < -0.39 is 10.9 Å². The van der Waals surface area contributed by atoms with E-state index in [1.54, 1.807) is 6.92 Å². The number of aromatic nitrogens is 2. The van der Waals surface area contributed by atoms with Crippen molar-refractivity contribution in [2.75, 3.05) is 0 Å². The Morgan fingerprint density at radius 1 is 1.19 bits per heavy atom. The zero-order chi connectivity index (χ0) is 22.9. The molecule has 0 radical (unpaired) electrons. The summed E-state index contributed by atoms with van der Waals surface area (Å²) < 4.78 is 1.39. The Hall–Kier alpha value is -4.01. The lowest BCUT2D eigenvalue weighted by atomic mass is 9.87. The number of carboxylic acids is 1. The highest BCUT2D eigenvalue weighted by molar-refractivity contribution is 5.96. The Labute approximate surface area is 177 Å². The molecule has 2 aromatic carbocycles. The van der Waals surface area contributed by atoms with Crippen LogP contribution in [0.25, 0.3) is 5.69 Å². The molecular weight excluding hydrogens is 400 g/mol. The number of nitro benzene ring substituents is 1. The van der Waals surface area contributed by atoms with Gasteiger partial charge < -0.3 is 5.11 Å². The second kappa shape index (κ2) is 8.02. The fourth-order valence-corrected chi connectivity index (χ4v) is 3.06. The molecule has 0 amide bonds. The molecule has 9 heteroatoms. The third-order valence-corrected chi connectivity index (χ3v) is 4.86. The Balaban J connectivity index is 1.99. The van der Waals surface area contributed by atoms with Crippen molar-refractivity contribution in [1.29, 1.82) is 0 Å². The van der Waals surface area contributed by atoms with Crippen LogP contribution in [0.15, 0.2) is 52.3 Å². The lowest BCUT2D eigenvalue weighted by molar-refractivity contribution is -0.384. The lowest BCUT2D eigenvalue weighted by Crippen LogP contribution is -2.18. The van der Waals surface area contributed by atoms with Gasteiger partial charge in [-0.2, -0.15) is 0 Å². The molecule has 0 saturated carbocycles. The highest BCUT2D eigenvalue weighted by Crippen LogP contribution is 2.25. The van der Waals surface area contributed by atoms with Gasteiger partial charge in [-0.25, -0.2) is 9.48 Å². The molecule has 0 atom stereocenters. The minimum Gasteiger partial charge on any atom is -0.478 e. The van der Waals surface area contributed by atoms with E-state index in [4.69, 9.17) is 0 Å². The normalized spacial score (nSPS) is 11.7. The summed E-state index contributed by atoms with van der Waals surface area (Å²) in [5.74, 6) is -1.35. The first-order valence-corrected chi connectivity index (χ1v) is 9.47. The molecule has 0 aliphatic rings. The average Bonchev–Trinajstić information content (AvgIpc) is 2.99. The molecule has 0 unspecified atom stereocenters. The van der Waals surface area contributed by atoms with E-state index in [2.05, 4.69) is 30.9 Å². The molecule has 160 valence electrons. The van der Waals surface area contributed by atoms with Crippen LogP contribution in [-0.2, 0) is 5.41 Å². The van der Waals surface area contributed by atoms with Crippen LogP contribution in [0.4, 0.5) is 11.4 Å². The molecule has 0 saturated heterocycles. The van der Waals surface area contributed by atoms with Crippen LogP contribution in [-0.4, -0.2) is 32.0 Å². The number of H-pyrrole nitrogens is 1. The summed E-state index contributed by atoms with van der Waals surface area (Å²) in [5, 5.41) is 23.2. The SMILES string of the molecule is Cc1[nH]n(-c2ccc(C(C)(C)C)cc2)c(=O)c1C=Nc1ccc([N+](=O)[O-])cc1C(=O)O. The maximum atomic E-state index is 12.9. The Morgan fingerprint density at radius 3 is 2.39 bits per heavy atom. The van der Waals surface area contributed by atoms with Gasteiger partial charge >= 0.3 is 5.97 Å². The third-order valence-electron chi connectivity index (χ3n) is 4.86. The Bertz CT molecular complexity index is 1240. The van der Waals surface area contributed by atoms with Gasteiger partial charge in [-0.3, -0.25) is 25.0 Å². The molecule has 0 bridgehead atoms. The number of aromatic carboxylic acids is 1. The number of carbonyl (C=O) groups is 1. The number of aliphatic imine (C=N–C) groups is 1. The number of nitro groups is 1. The minimum atomic E-state index is -1.35. The van der Waals surface area contributed by atoms with Gasteiger partial charge in [0.25, 0.3) is 11.2 Å². The van der Waals surface area contributed by atoms with Crippen molar-refractivity contribution in [2.45, 2.75) is 33.1 Å². The van der Waals surface area contributed by atoms with E-state index in [0.29, 0.717) is 11.4 Å². The number of aryl methyl sites for hydroxylation is 1. The second-order valence-corrected chi connectivity index (χ2v) is 8.11. The quantitative estimate of drug-likeness (QED) is 0.363. The van der Waals surface area contributed by atoms with Crippen molar-refractivity contribution in [3.05, 3.63) is 85.3 Å². The largest absolute Gasteiger partial charge is 0.478 e. The van der Waals surface area contributed by atoms with Gasteiger partial charge in [-0.15, -0.1) is 0 Å². The summed E-state index contributed by atoms with van der Waals surface area (Å²) in [4.78, 5) is 38.7. The second-order valence-electron chi connectivity index (χ2n) is 8.11. The summed E-state index contributed by atoms with van der Waals surface area (Å²) in [7, 11) is 0. The fourth-order valence-electron chi connectivity index (χ4n) is 3.06. The van der Waals surface area contributed by atoms with Gasteiger partial charge in [-0.1, -0.05) is 32.9 Å². The van der Waals surface area contributed by atoms with Gasteiger partial charge in [-0.05, 0) is 36.1 Å². The Kier molecular flexibility index (Phi) is 5.61. The van der Waals surface area contributed by atoms with Gasteiger partial charge in [0.05, 0.1) is 27.4 Å². The predicted octanol–water partition coefficient (Wildman–Crippen LogP) is 4.13. The van der Waals surface area contributed by atoms with Crippen LogP contribution < -0.4 is 5.56 Å². The van der Waals surface area contributed by atoms with Crippen molar-refractivity contribution < 1.29 is 14.8 Å². The Morgan fingerprint density at radius 2 is 1.84 bits per heavy atom. The minimum absolute atomic E-state index is 0.0131. The number of benzene rings is 2. The summed E-state index contributed by atoms with van der Waals surface area (Å²) >= 11 is 0. The highest BCUT2D eigenvalue weighted by atomic mass is 16.6. The summed E-state index contributed by atoms with van der Waals surface area (Å²) in [6.07, 6.45) is 1.27. The van der Waals surface area contributed by atoms with Crippen LogP contribution in [0.1, 0.15) is 48.0 Å². The maximum Gasteiger partial charge on any atom is 0.338 e. The molecule has 0 aliphatic carbocycles.